The fourth-order valence-electron chi connectivity index (χ4n) is 2.16. The van der Waals surface area contributed by atoms with E-state index >= 15 is 0 Å². The van der Waals surface area contributed by atoms with Crippen LogP contribution in [0.2, 0.25) is 0 Å². The Balaban J connectivity index is 2.58. The molecule has 0 radical (unpaired) electrons. The van der Waals surface area contributed by atoms with E-state index in [2.05, 4.69) is 17.3 Å². The topological polar surface area (TPSA) is 35.6 Å². The summed E-state index contributed by atoms with van der Waals surface area (Å²) in [6, 6.07) is 0. The van der Waals surface area contributed by atoms with Crippen LogP contribution in [0.25, 0.3) is 0 Å². The number of nitrogens with one attached hydrogen (secondary N) is 1. The molecule has 4 heteroatoms. The quantitative estimate of drug-likeness (QED) is 0.764. The van der Waals surface area contributed by atoms with Crippen molar-refractivity contribution in [1.82, 2.24) is 15.1 Å². The van der Waals surface area contributed by atoms with Gasteiger partial charge in [-0.15, -0.1) is 0 Å². The summed E-state index contributed by atoms with van der Waals surface area (Å²) in [5.41, 5.74) is -0.433. The molecule has 0 unspecified atom stereocenters. The smallest absolute Gasteiger partial charge is 0.242 e. The molecule has 0 aromatic rings. The first-order valence-electron chi connectivity index (χ1n) is 6.20. The van der Waals surface area contributed by atoms with Gasteiger partial charge >= 0.3 is 0 Å². The third-order valence-electron chi connectivity index (χ3n) is 3.16. The van der Waals surface area contributed by atoms with Crippen LogP contribution in [0.4, 0.5) is 0 Å². The minimum absolute atomic E-state index is 0.227. The van der Waals surface area contributed by atoms with E-state index in [0.29, 0.717) is 0 Å². The minimum Gasteiger partial charge on any atom is -0.340 e. The van der Waals surface area contributed by atoms with Crippen LogP contribution >= 0.6 is 0 Å². The lowest BCUT2D eigenvalue weighted by atomic mass is 10.0. The fourth-order valence-corrected chi connectivity index (χ4v) is 2.16. The average Bonchev–Trinajstić information content (AvgIpc) is 2.42. The number of carbonyl (C=O) groups excluding carboxylic acids is 1. The molecule has 0 aromatic carbocycles. The van der Waals surface area contributed by atoms with Gasteiger partial charge in [0.15, 0.2) is 0 Å². The van der Waals surface area contributed by atoms with E-state index in [-0.39, 0.29) is 5.91 Å². The van der Waals surface area contributed by atoms with Crippen LogP contribution in [0.5, 0.6) is 0 Å². The van der Waals surface area contributed by atoms with Crippen LogP contribution < -0.4 is 5.32 Å². The van der Waals surface area contributed by atoms with Gasteiger partial charge in [-0.2, -0.15) is 0 Å². The molecule has 0 saturated carbocycles. The monoisotopic (exact) mass is 227 g/mol. The Morgan fingerprint density at radius 2 is 1.94 bits per heavy atom. The van der Waals surface area contributed by atoms with Gasteiger partial charge in [0.1, 0.15) is 0 Å². The van der Waals surface area contributed by atoms with E-state index in [1.54, 1.807) is 0 Å². The van der Waals surface area contributed by atoms with Crippen molar-refractivity contribution < 1.29 is 4.79 Å². The molecule has 16 heavy (non-hydrogen) atoms. The number of carbonyl (C=O) groups is 1. The number of likely N-dealkylation sites (N-methyl/N-ethyl adjacent to an activating group) is 2. The lowest BCUT2D eigenvalue weighted by Crippen LogP contribution is -2.54. The van der Waals surface area contributed by atoms with E-state index in [0.717, 1.165) is 39.1 Å². The predicted molar refractivity (Wildman–Crippen MR) is 66.4 cm³/mol. The number of nitrogens with zero attached hydrogens (tertiary/aromatic N) is 2. The van der Waals surface area contributed by atoms with Crippen LogP contribution in [0, 0.1) is 0 Å². The summed E-state index contributed by atoms with van der Waals surface area (Å²) in [7, 11) is 2.11. The van der Waals surface area contributed by atoms with Crippen molar-refractivity contribution in [2.45, 2.75) is 32.7 Å². The first-order chi connectivity index (χ1) is 7.47. The Bertz CT molecular complexity index is 240. The highest BCUT2D eigenvalue weighted by molar-refractivity contribution is 5.85. The first kappa shape index (κ1) is 13.5. The number of hydrogen-bond acceptors (Lipinski definition) is 3. The third-order valence-corrected chi connectivity index (χ3v) is 3.16. The SMILES string of the molecule is CCNC(C)(C)C(=O)N1CCCN(C)CC1. The van der Waals surface area contributed by atoms with Crippen molar-refractivity contribution in [2.24, 2.45) is 0 Å². The maximum atomic E-state index is 12.3. The molecule has 0 aromatic heterocycles. The Labute approximate surface area is 99.0 Å². The predicted octanol–water partition coefficient (Wildman–Crippen LogP) is 0.539. The van der Waals surface area contributed by atoms with Crippen molar-refractivity contribution in [3.63, 3.8) is 0 Å². The number of amides is 1. The zero-order valence-corrected chi connectivity index (χ0v) is 11.0. The van der Waals surface area contributed by atoms with Crippen LogP contribution in [-0.2, 0) is 4.79 Å². The maximum Gasteiger partial charge on any atom is 0.242 e. The molecule has 1 aliphatic rings. The van der Waals surface area contributed by atoms with Crippen molar-refractivity contribution in [2.75, 3.05) is 39.8 Å². The van der Waals surface area contributed by atoms with E-state index < -0.39 is 5.54 Å². The van der Waals surface area contributed by atoms with E-state index in [1.807, 2.05) is 25.7 Å². The van der Waals surface area contributed by atoms with Gasteiger partial charge in [-0.05, 0) is 40.4 Å². The summed E-state index contributed by atoms with van der Waals surface area (Å²) in [6.45, 7) is 10.6. The second-order valence-electron chi connectivity index (χ2n) is 5.10. The molecule has 0 spiro atoms. The van der Waals surface area contributed by atoms with Crippen LogP contribution in [0.1, 0.15) is 27.2 Å². The van der Waals surface area contributed by atoms with Gasteiger partial charge in [-0.1, -0.05) is 6.92 Å². The van der Waals surface area contributed by atoms with E-state index in [1.165, 1.54) is 0 Å². The summed E-state index contributed by atoms with van der Waals surface area (Å²) in [5, 5.41) is 3.25. The molecule has 94 valence electrons. The average molecular weight is 227 g/mol. The standard InChI is InChI=1S/C12H25N3O/c1-5-13-12(2,3)11(16)15-8-6-7-14(4)9-10-15/h13H,5-10H2,1-4H3. The van der Waals surface area contributed by atoms with Crippen LogP contribution in [0.15, 0.2) is 0 Å². The highest BCUT2D eigenvalue weighted by Gasteiger charge is 2.31. The summed E-state index contributed by atoms with van der Waals surface area (Å²) in [6.07, 6.45) is 1.07. The Morgan fingerprint density at radius 1 is 1.25 bits per heavy atom. The summed E-state index contributed by atoms with van der Waals surface area (Å²) < 4.78 is 0. The molecule has 0 atom stereocenters. The van der Waals surface area contributed by atoms with Gasteiger partial charge in [-0.25, -0.2) is 0 Å². The Morgan fingerprint density at radius 3 is 2.56 bits per heavy atom. The molecule has 1 heterocycles. The maximum absolute atomic E-state index is 12.3. The van der Waals surface area contributed by atoms with E-state index in [4.69, 9.17) is 0 Å². The molecular formula is C12H25N3O. The van der Waals surface area contributed by atoms with Gasteiger partial charge in [-0.3, -0.25) is 4.79 Å². The molecule has 1 aliphatic heterocycles. The molecule has 0 aliphatic carbocycles. The molecule has 1 N–H and O–H groups in total. The Kier molecular flexibility index (Phi) is 4.74. The van der Waals surface area contributed by atoms with Crippen molar-refractivity contribution >= 4 is 5.91 Å². The van der Waals surface area contributed by atoms with Gasteiger partial charge < -0.3 is 15.1 Å². The lowest BCUT2D eigenvalue weighted by molar-refractivity contribution is -0.136. The Hall–Kier alpha value is -0.610. The second kappa shape index (κ2) is 5.64. The summed E-state index contributed by atoms with van der Waals surface area (Å²) >= 11 is 0. The van der Waals surface area contributed by atoms with E-state index in [9.17, 15) is 4.79 Å². The molecule has 1 fully saturated rings. The molecular weight excluding hydrogens is 202 g/mol. The molecule has 1 saturated heterocycles. The molecule has 1 rings (SSSR count). The molecule has 0 bridgehead atoms. The summed E-state index contributed by atoms with van der Waals surface area (Å²) in [5.74, 6) is 0.227. The molecule has 1 amide bonds. The first-order valence-corrected chi connectivity index (χ1v) is 6.20. The van der Waals surface area contributed by atoms with Gasteiger partial charge in [0.25, 0.3) is 0 Å². The number of rotatable bonds is 3. The fraction of sp³-hybridized carbons (Fsp3) is 0.917. The second-order valence-corrected chi connectivity index (χ2v) is 5.10. The summed E-state index contributed by atoms with van der Waals surface area (Å²) in [4.78, 5) is 16.6. The van der Waals surface area contributed by atoms with Gasteiger partial charge in [0, 0.05) is 19.6 Å². The zero-order chi connectivity index (χ0) is 12.2. The van der Waals surface area contributed by atoms with Crippen LogP contribution in [0.3, 0.4) is 0 Å². The van der Waals surface area contributed by atoms with Crippen molar-refractivity contribution in [1.29, 1.82) is 0 Å². The largest absolute Gasteiger partial charge is 0.340 e. The zero-order valence-electron chi connectivity index (χ0n) is 11.0. The van der Waals surface area contributed by atoms with Crippen molar-refractivity contribution in [3.8, 4) is 0 Å². The third kappa shape index (κ3) is 3.46. The van der Waals surface area contributed by atoms with Gasteiger partial charge in [0.05, 0.1) is 5.54 Å². The molecule has 4 nitrogen and oxygen atoms in total. The minimum atomic E-state index is -0.433. The van der Waals surface area contributed by atoms with Crippen LogP contribution in [-0.4, -0.2) is 61.0 Å². The normalized spacial score (nSPS) is 19.6. The highest BCUT2D eigenvalue weighted by atomic mass is 16.2. The highest BCUT2D eigenvalue weighted by Crippen LogP contribution is 2.10. The number of hydrogen-bond donors (Lipinski definition) is 1. The van der Waals surface area contributed by atoms with Gasteiger partial charge in [0.2, 0.25) is 5.91 Å². The van der Waals surface area contributed by atoms with Crippen molar-refractivity contribution in [3.05, 3.63) is 0 Å². The lowest BCUT2D eigenvalue weighted by Gasteiger charge is -2.31.